The molecule has 0 unspecified atom stereocenters. The van der Waals surface area contributed by atoms with Gasteiger partial charge in [0.2, 0.25) is 0 Å². The summed E-state index contributed by atoms with van der Waals surface area (Å²) in [6, 6.07) is 0.384. The summed E-state index contributed by atoms with van der Waals surface area (Å²) >= 11 is 0. The van der Waals surface area contributed by atoms with Crippen molar-refractivity contribution in [1.29, 1.82) is 0 Å². The molecule has 0 amide bonds. The first-order valence-corrected chi connectivity index (χ1v) is 4.78. The number of anilines is 2. The van der Waals surface area contributed by atoms with Crippen LogP contribution in [-0.2, 0) is 6.42 Å². The molecule has 76 valence electrons. The second-order valence-electron chi connectivity index (χ2n) is 3.77. The minimum atomic E-state index is 0.384. The van der Waals surface area contributed by atoms with Crippen LogP contribution >= 0.6 is 0 Å². The molecule has 2 aromatic heterocycles. The predicted octanol–water partition coefficient (Wildman–Crippen LogP) is 0.358. The summed E-state index contributed by atoms with van der Waals surface area (Å²) < 4.78 is 0. The van der Waals surface area contributed by atoms with Crippen LogP contribution in [-0.4, -0.2) is 26.4 Å². The third-order valence-corrected chi connectivity index (χ3v) is 2.62. The summed E-state index contributed by atoms with van der Waals surface area (Å²) in [5.74, 6) is 1.27. The number of nitrogen functional groups attached to an aromatic ring is 1. The largest absolute Gasteiger partial charge is 0.382 e. The number of rotatable bonds is 0. The molecule has 1 aliphatic heterocycles. The van der Waals surface area contributed by atoms with Gasteiger partial charge in [-0.15, -0.1) is 10.2 Å². The van der Waals surface area contributed by atoms with Crippen LogP contribution in [0.1, 0.15) is 12.5 Å². The minimum absolute atomic E-state index is 0.384. The molecule has 0 spiro atoms. The van der Waals surface area contributed by atoms with Gasteiger partial charge >= 0.3 is 0 Å². The van der Waals surface area contributed by atoms with Crippen molar-refractivity contribution in [2.24, 2.45) is 0 Å². The first-order valence-electron chi connectivity index (χ1n) is 4.78. The molecule has 3 heterocycles. The van der Waals surface area contributed by atoms with Gasteiger partial charge in [0.05, 0.1) is 5.39 Å². The molecule has 3 N–H and O–H groups in total. The zero-order chi connectivity index (χ0) is 10.4. The highest BCUT2D eigenvalue weighted by Crippen LogP contribution is 2.30. The Morgan fingerprint density at radius 3 is 3.20 bits per heavy atom. The van der Waals surface area contributed by atoms with Gasteiger partial charge in [-0.3, -0.25) is 0 Å². The van der Waals surface area contributed by atoms with Crippen molar-refractivity contribution in [1.82, 2.24) is 20.4 Å². The first-order chi connectivity index (χ1) is 7.25. The minimum Gasteiger partial charge on any atom is -0.382 e. The fourth-order valence-electron chi connectivity index (χ4n) is 1.92. The van der Waals surface area contributed by atoms with Crippen molar-refractivity contribution >= 4 is 22.5 Å². The fourth-order valence-corrected chi connectivity index (χ4v) is 1.92. The number of fused-ring (bicyclic) bond motifs is 3. The maximum atomic E-state index is 5.71. The summed E-state index contributed by atoms with van der Waals surface area (Å²) in [5.41, 5.74) is 7.61. The molecule has 0 fully saturated rings. The van der Waals surface area contributed by atoms with Crippen molar-refractivity contribution < 1.29 is 0 Å². The van der Waals surface area contributed by atoms with Gasteiger partial charge in [0.1, 0.15) is 11.3 Å². The summed E-state index contributed by atoms with van der Waals surface area (Å²) in [7, 11) is 0. The highest BCUT2D eigenvalue weighted by atomic mass is 15.3. The quantitative estimate of drug-likeness (QED) is 0.641. The van der Waals surface area contributed by atoms with E-state index in [1.54, 1.807) is 6.20 Å². The van der Waals surface area contributed by atoms with Crippen LogP contribution in [0.4, 0.5) is 11.6 Å². The van der Waals surface area contributed by atoms with Gasteiger partial charge in [0.15, 0.2) is 5.82 Å². The summed E-state index contributed by atoms with van der Waals surface area (Å²) in [5, 5.41) is 15.4. The molecule has 6 nitrogen and oxygen atoms in total. The number of nitrogens with zero attached hydrogens (tertiary/aromatic N) is 4. The molecule has 0 aliphatic carbocycles. The molecule has 0 aromatic carbocycles. The van der Waals surface area contributed by atoms with Crippen LogP contribution in [0.2, 0.25) is 0 Å². The molecular weight excluding hydrogens is 192 g/mol. The third kappa shape index (κ3) is 1.11. The number of nitrogens with one attached hydrogen (secondary N) is 1. The average molecular weight is 202 g/mol. The van der Waals surface area contributed by atoms with E-state index in [0.717, 1.165) is 28.7 Å². The van der Waals surface area contributed by atoms with E-state index in [-0.39, 0.29) is 0 Å². The maximum absolute atomic E-state index is 5.71. The summed E-state index contributed by atoms with van der Waals surface area (Å²) in [6.07, 6.45) is 2.59. The molecule has 0 saturated heterocycles. The molecule has 0 saturated carbocycles. The lowest BCUT2D eigenvalue weighted by Gasteiger charge is -2.02. The number of hydrogen-bond acceptors (Lipinski definition) is 6. The normalized spacial score (nSPS) is 18.9. The summed E-state index contributed by atoms with van der Waals surface area (Å²) in [4.78, 5) is 4.30. The Morgan fingerprint density at radius 1 is 1.47 bits per heavy atom. The zero-order valence-corrected chi connectivity index (χ0v) is 8.23. The topological polar surface area (TPSA) is 89.6 Å². The third-order valence-electron chi connectivity index (χ3n) is 2.62. The van der Waals surface area contributed by atoms with Gasteiger partial charge < -0.3 is 11.1 Å². The molecule has 1 atom stereocenters. The van der Waals surface area contributed by atoms with Crippen molar-refractivity contribution in [3.8, 4) is 0 Å². The van der Waals surface area contributed by atoms with Gasteiger partial charge in [-0.2, -0.15) is 0 Å². The highest BCUT2D eigenvalue weighted by Gasteiger charge is 2.22. The van der Waals surface area contributed by atoms with Crippen molar-refractivity contribution in [2.45, 2.75) is 19.4 Å². The van der Waals surface area contributed by atoms with Gasteiger partial charge in [-0.1, -0.05) is 0 Å². The molecule has 0 bridgehead atoms. The molecule has 1 aliphatic rings. The van der Waals surface area contributed by atoms with Crippen molar-refractivity contribution in [3.05, 3.63) is 11.8 Å². The maximum Gasteiger partial charge on any atom is 0.158 e. The average Bonchev–Trinajstić information content (AvgIpc) is 2.59. The van der Waals surface area contributed by atoms with E-state index in [1.165, 1.54) is 0 Å². The van der Waals surface area contributed by atoms with Crippen LogP contribution in [0.5, 0.6) is 0 Å². The van der Waals surface area contributed by atoms with E-state index in [4.69, 9.17) is 5.73 Å². The Bertz CT molecular complexity index is 537. The Morgan fingerprint density at radius 2 is 2.33 bits per heavy atom. The molecular formula is C9H10N6. The van der Waals surface area contributed by atoms with E-state index in [1.807, 2.05) is 0 Å². The van der Waals surface area contributed by atoms with Crippen LogP contribution in [0, 0.1) is 0 Å². The Kier molecular flexibility index (Phi) is 1.53. The lowest BCUT2D eigenvalue weighted by molar-refractivity contribution is 0.835. The zero-order valence-electron chi connectivity index (χ0n) is 8.23. The molecule has 2 aromatic rings. The van der Waals surface area contributed by atoms with Gasteiger partial charge in [0, 0.05) is 17.8 Å². The van der Waals surface area contributed by atoms with Gasteiger partial charge in [-0.25, -0.2) is 4.98 Å². The lowest BCUT2D eigenvalue weighted by Crippen LogP contribution is -2.08. The van der Waals surface area contributed by atoms with Gasteiger partial charge in [-0.05, 0) is 18.6 Å². The Balaban J connectivity index is 2.36. The smallest absolute Gasteiger partial charge is 0.158 e. The lowest BCUT2D eigenvalue weighted by atomic mass is 10.1. The standard InChI is InChI=1S/C9H10N6/c1-4-2-5-7-6(3-11-9(5)12-4)8(10)14-15-13-7/h3-4H,2H2,1H3,(H,11,12)(H2,10,13,14)/t4-/m1/s1. The second kappa shape index (κ2) is 2.75. The highest BCUT2D eigenvalue weighted by molar-refractivity contribution is 5.91. The predicted molar refractivity (Wildman–Crippen MR) is 56.3 cm³/mol. The molecule has 15 heavy (non-hydrogen) atoms. The monoisotopic (exact) mass is 202 g/mol. The number of aromatic nitrogens is 4. The summed E-state index contributed by atoms with van der Waals surface area (Å²) in [6.45, 7) is 2.10. The van der Waals surface area contributed by atoms with Crippen LogP contribution < -0.4 is 11.1 Å². The van der Waals surface area contributed by atoms with Gasteiger partial charge in [0.25, 0.3) is 0 Å². The van der Waals surface area contributed by atoms with E-state index in [2.05, 4.69) is 32.6 Å². The fraction of sp³-hybridized carbons (Fsp3) is 0.333. The van der Waals surface area contributed by atoms with Crippen LogP contribution in [0.15, 0.2) is 6.20 Å². The van der Waals surface area contributed by atoms with E-state index >= 15 is 0 Å². The van der Waals surface area contributed by atoms with Crippen LogP contribution in [0.25, 0.3) is 10.9 Å². The second-order valence-corrected chi connectivity index (χ2v) is 3.77. The van der Waals surface area contributed by atoms with Crippen LogP contribution in [0.3, 0.4) is 0 Å². The molecule has 3 rings (SSSR count). The van der Waals surface area contributed by atoms with Crippen molar-refractivity contribution in [3.63, 3.8) is 0 Å². The van der Waals surface area contributed by atoms with Crippen molar-refractivity contribution in [2.75, 3.05) is 11.1 Å². The SMILES string of the molecule is C[C@@H]1Cc2c(ncc3c(N)nnnc23)N1. The molecule has 6 heteroatoms. The Labute approximate surface area is 85.9 Å². The number of hydrogen-bond donors (Lipinski definition) is 2. The number of nitrogens with two attached hydrogens (primary N) is 1. The van der Waals surface area contributed by atoms with E-state index < -0.39 is 0 Å². The Hall–Kier alpha value is -1.98. The van der Waals surface area contributed by atoms with E-state index in [9.17, 15) is 0 Å². The van der Waals surface area contributed by atoms with E-state index in [0.29, 0.717) is 11.9 Å². The first kappa shape index (κ1) is 8.34. The number of pyridine rings is 1. The molecule has 0 radical (unpaired) electrons.